The van der Waals surface area contributed by atoms with E-state index in [0.29, 0.717) is 10.0 Å². The highest BCUT2D eigenvalue weighted by molar-refractivity contribution is 6.42. The highest BCUT2D eigenvalue weighted by Gasteiger charge is 2.23. The van der Waals surface area contributed by atoms with Crippen molar-refractivity contribution in [1.82, 2.24) is 0 Å². The van der Waals surface area contributed by atoms with Crippen LogP contribution in [0.2, 0.25) is 10.0 Å². The minimum Gasteiger partial charge on any atom is -0.411 e. The Kier molecular flexibility index (Phi) is 4.89. The van der Waals surface area contributed by atoms with Crippen molar-refractivity contribution in [3.8, 4) is 0 Å². The van der Waals surface area contributed by atoms with Crippen LogP contribution in [-0.2, 0) is 0 Å². The van der Waals surface area contributed by atoms with Crippen LogP contribution in [0.5, 0.6) is 0 Å². The average Bonchev–Trinajstić information content (AvgIpc) is 2.82. The zero-order valence-corrected chi connectivity index (χ0v) is 12.4. The van der Waals surface area contributed by atoms with Crippen LogP contribution in [0, 0.1) is 0 Å². The number of unbranched alkanes of at least 4 members (excludes halogenated alkanes) is 1. The van der Waals surface area contributed by atoms with Gasteiger partial charge in [-0.3, -0.25) is 0 Å². The van der Waals surface area contributed by atoms with Gasteiger partial charge in [-0.05, 0) is 43.4 Å². The van der Waals surface area contributed by atoms with Crippen LogP contribution in [0.3, 0.4) is 0 Å². The van der Waals surface area contributed by atoms with Gasteiger partial charge in [-0.25, -0.2) is 0 Å². The van der Waals surface area contributed by atoms with Crippen molar-refractivity contribution in [2.45, 2.75) is 39.0 Å². The number of hydrogen-bond acceptors (Lipinski definition) is 2. The maximum absolute atomic E-state index is 9.16. The molecule has 0 amide bonds. The monoisotopic (exact) mass is 297 g/mol. The van der Waals surface area contributed by atoms with E-state index in [1.54, 1.807) is 6.07 Å². The Morgan fingerprint density at radius 3 is 2.63 bits per heavy atom. The molecule has 1 aliphatic rings. The minimum absolute atomic E-state index is 0.533. The molecule has 0 fully saturated rings. The lowest BCUT2D eigenvalue weighted by Gasteiger charge is -2.09. The molecule has 0 heterocycles. The van der Waals surface area contributed by atoms with E-state index in [4.69, 9.17) is 28.4 Å². The standard InChI is InChI=1S/C15H17Cl2NO/c1-2-3-4-10-6-8-14(18-19)15(10)11-5-7-12(16)13(17)9-11/h5,7,9,19H,2-4,6,8H2,1H3/b18-14+. The van der Waals surface area contributed by atoms with Crippen LogP contribution in [-0.4, -0.2) is 10.9 Å². The van der Waals surface area contributed by atoms with Gasteiger partial charge in [-0.1, -0.05) is 53.3 Å². The predicted octanol–water partition coefficient (Wildman–Crippen LogP) is 5.56. The fraction of sp³-hybridized carbons (Fsp3) is 0.400. The van der Waals surface area contributed by atoms with Crippen LogP contribution in [0.4, 0.5) is 0 Å². The summed E-state index contributed by atoms with van der Waals surface area (Å²) in [6, 6.07) is 5.57. The molecule has 0 aliphatic heterocycles. The summed E-state index contributed by atoms with van der Waals surface area (Å²) in [5, 5.41) is 13.7. The molecular weight excluding hydrogens is 281 g/mol. The summed E-state index contributed by atoms with van der Waals surface area (Å²) < 4.78 is 0. The second-order valence-electron chi connectivity index (χ2n) is 4.76. The Bertz CT molecular complexity index is 535. The third kappa shape index (κ3) is 3.13. The Balaban J connectivity index is 2.43. The van der Waals surface area contributed by atoms with Crippen LogP contribution < -0.4 is 0 Å². The zero-order valence-electron chi connectivity index (χ0n) is 10.9. The molecule has 19 heavy (non-hydrogen) atoms. The maximum Gasteiger partial charge on any atom is 0.0876 e. The van der Waals surface area contributed by atoms with Gasteiger partial charge in [0, 0.05) is 5.57 Å². The molecule has 102 valence electrons. The third-order valence-electron chi connectivity index (χ3n) is 3.47. The molecule has 0 saturated carbocycles. The Hall–Kier alpha value is -0.990. The van der Waals surface area contributed by atoms with Gasteiger partial charge in [0.2, 0.25) is 0 Å². The first kappa shape index (κ1) is 14.4. The molecule has 1 aliphatic carbocycles. The van der Waals surface area contributed by atoms with Gasteiger partial charge in [-0.15, -0.1) is 0 Å². The lowest BCUT2D eigenvalue weighted by atomic mass is 9.98. The van der Waals surface area contributed by atoms with Crippen molar-refractivity contribution >= 4 is 34.5 Å². The molecule has 1 aromatic carbocycles. The lowest BCUT2D eigenvalue weighted by molar-refractivity contribution is 0.319. The van der Waals surface area contributed by atoms with Crippen LogP contribution >= 0.6 is 23.2 Å². The lowest BCUT2D eigenvalue weighted by Crippen LogP contribution is -1.97. The van der Waals surface area contributed by atoms with Gasteiger partial charge in [0.05, 0.1) is 15.8 Å². The molecule has 0 atom stereocenters. The van der Waals surface area contributed by atoms with Crippen molar-refractivity contribution in [2.75, 3.05) is 0 Å². The van der Waals surface area contributed by atoms with Crippen molar-refractivity contribution < 1.29 is 5.21 Å². The van der Waals surface area contributed by atoms with Crippen LogP contribution in [0.1, 0.15) is 44.6 Å². The van der Waals surface area contributed by atoms with Crippen molar-refractivity contribution in [2.24, 2.45) is 5.16 Å². The van der Waals surface area contributed by atoms with E-state index in [2.05, 4.69) is 12.1 Å². The Morgan fingerprint density at radius 1 is 1.21 bits per heavy atom. The van der Waals surface area contributed by atoms with E-state index in [9.17, 15) is 0 Å². The number of benzene rings is 1. The second-order valence-corrected chi connectivity index (χ2v) is 5.57. The number of nitrogens with zero attached hydrogens (tertiary/aromatic N) is 1. The van der Waals surface area contributed by atoms with Crippen molar-refractivity contribution in [1.29, 1.82) is 0 Å². The molecule has 0 spiro atoms. The summed E-state index contributed by atoms with van der Waals surface area (Å²) in [6.07, 6.45) is 5.12. The summed E-state index contributed by atoms with van der Waals surface area (Å²) in [4.78, 5) is 0. The van der Waals surface area contributed by atoms with Gasteiger partial charge in [-0.2, -0.15) is 0 Å². The molecular formula is C15H17Cl2NO. The topological polar surface area (TPSA) is 32.6 Å². The fourth-order valence-electron chi connectivity index (χ4n) is 2.49. The van der Waals surface area contributed by atoms with E-state index in [0.717, 1.165) is 49.0 Å². The molecule has 1 N–H and O–H groups in total. The van der Waals surface area contributed by atoms with Gasteiger partial charge >= 0.3 is 0 Å². The number of rotatable bonds is 4. The molecule has 0 radical (unpaired) electrons. The van der Waals surface area contributed by atoms with E-state index >= 15 is 0 Å². The third-order valence-corrected chi connectivity index (χ3v) is 4.21. The number of halogens is 2. The van der Waals surface area contributed by atoms with Crippen LogP contribution in [0.25, 0.3) is 5.57 Å². The SMILES string of the molecule is CCCCC1=C(c2ccc(Cl)c(Cl)c2)/C(=N/O)CC1. The first-order chi connectivity index (χ1) is 9.17. The molecule has 2 rings (SSSR count). The highest BCUT2D eigenvalue weighted by Crippen LogP contribution is 2.36. The molecule has 0 unspecified atom stereocenters. The van der Waals surface area contributed by atoms with Gasteiger partial charge < -0.3 is 5.21 Å². The Morgan fingerprint density at radius 2 is 2.00 bits per heavy atom. The fourth-order valence-corrected chi connectivity index (χ4v) is 2.78. The molecule has 1 aromatic rings. The summed E-state index contributed by atoms with van der Waals surface area (Å²) in [7, 11) is 0. The molecule has 0 bridgehead atoms. The quantitative estimate of drug-likeness (QED) is 0.572. The predicted molar refractivity (Wildman–Crippen MR) is 81.4 cm³/mol. The molecule has 0 saturated heterocycles. The summed E-state index contributed by atoms with van der Waals surface area (Å²) >= 11 is 12.0. The Labute approximate surface area is 123 Å². The van der Waals surface area contributed by atoms with Gasteiger partial charge in [0.15, 0.2) is 0 Å². The molecule has 2 nitrogen and oxygen atoms in total. The highest BCUT2D eigenvalue weighted by atomic mass is 35.5. The van der Waals surface area contributed by atoms with E-state index in [1.807, 2.05) is 12.1 Å². The second kappa shape index (κ2) is 6.44. The normalized spacial score (nSPS) is 17.5. The van der Waals surface area contributed by atoms with E-state index < -0.39 is 0 Å². The summed E-state index contributed by atoms with van der Waals surface area (Å²) in [6.45, 7) is 2.18. The number of hydrogen-bond donors (Lipinski definition) is 1. The first-order valence-electron chi connectivity index (χ1n) is 6.56. The van der Waals surface area contributed by atoms with Crippen molar-refractivity contribution in [3.05, 3.63) is 39.4 Å². The zero-order chi connectivity index (χ0) is 13.8. The molecule has 0 aromatic heterocycles. The van der Waals surface area contributed by atoms with E-state index in [-0.39, 0.29) is 0 Å². The largest absolute Gasteiger partial charge is 0.411 e. The summed E-state index contributed by atoms with van der Waals surface area (Å²) in [5.41, 5.74) is 4.15. The molecule has 4 heteroatoms. The van der Waals surface area contributed by atoms with Gasteiger partial charge in [0.25, 0.3) is 0 Å². The minimum atomic E-state index is 0.533. The van der Waals surface area contributed by atoms with Gasteiger partial charge in [0.1, 0.15) is 0 Å². The average molecular weight is 298 g/mol. The first-order valence-corrected chi connectivity index (χ1v) is 7.31. The van der Waals surface area contributed by atoms with Crippen LogP contribution in [0.15, 0.2) is 28.9 Å². The van der Waals surface area contributed by atoms with Crippen molar-refractivity contribution in [3.63, 3.8) is 0 Å². The maximum atomic E-state index is 9.16. The number of allylic oxidation sites excluding steroid dienone is 2. The van der Waals surface area contributed by atoms with E-state index in [1.165, 1.54) is 5.57 Å². The smallest absolute Gasteiger partial charge is 0.0876 e. The summed E-state index contributed by atoms with van der Waals surface area (Å²) in [5.74, 6) is 0. The number of oxime groups is 1.